The largest absolute Gasteiger partial charge is 0.496 e. The van der Waals surface area contributed by atoms with E-state index in [4.69, 9.17) is 44.3 Å². The predicted octanol–water partition coefficient (Wildman–Crippen LogP) is 7.27. The highest BCUT2D eigenvalue weighted by molar-refractivity contribution is 7.98. The number of hydrogen-bond donors (Lipinski definition) is 0. The highest BCUT2D eigenvalue weighted by Gasteiger charge is 2.20. The Bertz CT molecular complexity index is 1230. The second-order valence-electron chi connectivity index (χ2n) is 6.30. The Balaban J connectivity index is 1.83. The second-order valence-corrected chi connectivity index (χ2v) is 9.89. The molecule has 4 rings (SSSR count). The lowest BCUT2D eigenvalue weighted by molar-refractivity contribution is 0.415. The molecule has 160 valence electrons. The molecule has 0 unspecified atom stereocenters. The number of nitrogens with zero attached hydrogens (tertiary/aromatic N) is 3. The summed E-state index contributed by atoms with van der Waals surface area (Å²) < 4.78 is 13.5. The van der Waals surface area contributed by atoms with E-state index >= 15 is 0 Å². The normalized spacial score (nSPS) is 11.0. The Labute approximate surface area is 202 Å². The van der Waals surface area contributed by atoms with E-state index in [2.05, 4.69) is 10.2 Å². The zero-order valence-corrected chi connectivity index (χ0v) is 20.3. The predicted molar refractivity (Wildman–Crippen MR) is 129 cm³/mol. The van der Waals surface area contributed by atoms with Gasteiger partial charge in [0.1, 0.15) is 11.5 Å². The quantitative estimate of drug-likeness (QED) is 0.244. The molecule has 5 nitrogen and oxygen atoms in total. The van der Waals surface area contributed by atoms with Gasteiger partial charge in [-0.2, -0.15) is 0 Å². The molecule has 0 atom stereocenters. The molecule has 0 aliphatic rings. The molecular weight excluding hydrogens is 497 g/mol. The first-order valence-electron chi connectivity index (χ1n) is 9.00. The van der Waals surface area contributed by atoms with Gasteiger partial charge in [-0.3, -0.25) is 4.57 Å². The Kier molecular flexibility index (Phi) is 6.99. The summed E-state index contributed by atoms with van der Waals surface area (Å²) >= 11 is 21.8. The van der Waals surface area contributed by atoms with Gasteiger partial charge in [0.15, 0.2) is 11.0 Å². The standard InChI is InChI=1S/C21H16Cl3N3O2S2/c1-28-17-6-3-12(22)9-15(17)20-25-26-21(30-11-14-5-8-19(24)31-14)27(20)13-4-7-18(29-2)16(23)10-13/h3-10H,11H2,1-2H3. The zero-order chi connectivity index (χ0) is 22.0. The van der Waals surface area contributed by atoms with Crippen molar-refractivity contribution >= 4 is 57.9 Å². The van der Waals surface area contributed by atoms with Gasteiger partial charge in [0.05, 0.1) is 34.8 Å². The second kappa shape index (κ2) is 9.71. The van der Waals surface area contributed by atoms with Gasteiger partial charge in [-0.1, -0.05) is 46.6 Å². The highest BCUT2D eigenvalue weighted by atomic mass is 35.5. The van der Waals surface area contributed by atoms with E-state index < -0.39 is 0 Å². The smallest absolute Gasteiger partial charge is 0.196 e. The average Bonchev–Trinajstić information content (AvgIpc) is 3.38. The maximum absolute atomic E-state index is 6.41. The lowest BCUT2D eigenvalue weighted by atomic mass is 10.2. The van der Waals surface area contributed by atoms with Crippen molar-refractivity contribution < 1.29 is 9.47 Å². The molecule has 0 N–H and O–H groups in total. The molecule has 0 aliphatic carbocycles. The number of ether oxygens (including phenoxy) is 2. The van der Waals surface area contributed by atoms with Crippen LogP contribution in [0.1, 0.15) is 4.88 Å². The van der Waals surface area contributed by atoms with Crippen molar-refractivity contribution in [3.05, 3.63) is 67.8 Å². The Morgan fingerprint density at radius 1 is 0.935 bits per heavy atom. The zero-order valence-electron chi connectivity index (χ0n) is 16.4. The molecule has 0 amide bonds. The van der Waals surface area contributed by atoms with E-state index in [0.717, 1.165) is 20.5 Å². The van der Waals surface area contributed by atoms with Gasteiger partial charge >= 0.3 is 0 Å². The van der Waals surface area contributed by atoms with Crippen molar-refractivity contribution in [3.8, 4) is 28.6 Å². The molecule has 0 aliphatic heterocycles. The van der Waals surface area contributed by atoms with Crippen molar-refractivity contribution in [1.29, 1.82) is 0 Å². The number of rotatable bonds is 7. The summed E-state index contributed by atoms with van der Waals surface area (Å²) in [7, 11) is 3.18. The molecule has 0 saturated heterocycles. The van der Waals surface area contributed by atoms with E-state index in [1.54, 1.807) is 44.2 Å². The van der Waals surface area contributed by atoms with Crippen LogP contribution in [0.4, 0.5) is 0 Å². The Morgan fingerprint density at radius 2 is 1.71 bits per heavy atom. The van der Waals surface area contributed by atoms with Gasteiger partial charge in [0, 0.05) is 15.7 Å². The number of methoxy groups -OCH3 is 2. The number of thioether (sulfide) groups is 1. The summed E-state index contributed by atoms with van der Waals surface area (Å²) in [5.41, 5.74) is 1.51. The van der Waals surface area contributed by atoms with Crippen LogP contribution in [0.3, 0.4) is 0 Å². The monoisotopic (exact) mass is 511 g/mol. The van der Waals surface area contributed by atoms with Crippen molar-refractivity contribution in [1.82, 2.24) is 14.8 Å². The fourth-order valence-corrected chi connectivity index (χ4v) is 5.49. The molecule has 2 aromatic carbocycles. The molecule has 0 spiro atoms. The third-order valence-electron chi connectivity index (χ3n) is 4.40. The number of benzene rings is 2. The third kappa shape index (κ3) is 4.81. The summed E-state index contributed by atoms with van der Waals surface area (Å²) in [4.78, 5) is 1.14. The molecule has 0 fully saturated rings. The van der Waals surface area contributed by atoms with Gasteiger partial charge in [-0.15, -0.1) is 21.5 Å². The minimum absolute atomic E-state index is 0.485. The fourth-order valence-electron chi connectivity index (χ4n) is 2.98. The van der Waals surface area contributed by atoms with Crippen molar-refractivity contribution in [3.63, 3.8) is 0 Å². The summed E-state index contributed by atoms with van der Waals surface area (Å²) in [6, 6.07) is 14.8. The van der Waals surface area contributed by atoms with E-state index in [-0.39, 0.29) is 0 Å². The number of thiophene rings is 1. The highest BCUT2D eigenvalue weighted by Crippen LogP contribution is 2.38. The molecule has 31 heavy (non-hydrogen) atoms. The van der Waals surface area contributed by atoms with Crippen molar-refractivity contribution in [2.75, 3.05) is 14.2 Å². The SMILES string of the molecule is COc1ccc(-n2c(SCc3ccc(Cl)s3)nnc2-c2cc(Cl)ccc2OC)cc1Cl. The maximum atomic E-state index is 6.41. The topological polar surface area (TPSA) is 49.2 Å². The summed E-state index contributed by atoms with van der Waals surface area (Å²) in [6.07, 6.45) is 0. The van der Waals surface area contributed by atoms with Crippen molar-refractivity contribution in [2.24, 2.45) is 0 Å². The Hall–Kier alpha value is -1.90. The van der Waals surface area contributed by atoms with Gasteiger partial charge in [0.25, 0.3) is 0 Å². The van der Waals surface area contributed by atoms with Gasteiger partial charge in [-0.25, -0.2) is 0 Å². The van der Waals surface area contributed by atoms with E-state index in [0.29, 0.717) is 38.3 Å². The molecule has 4 aromatic rings. The van der Waals surface area contributed by atoms with Crippen LogP contribution in [0.2, 0.25) is 14.4 Å². The van der Waals surface area contributed by atoms with Crippen LogP contribution in [-0.2, 0) is 5.75 Å². The summed E-state index contributed by atoms with van der Waals surface area (Å²) in [5, 5.41) is 10.7. The fraction of sp³-hybridized carbons (Fsp3) is 0.143. The van der Waals surface area contributed by atoms with Crippen LogP contribution in [0.5, 0.6) is 11.5 Å². The molecule has 0 radical (unpaired) electrons. The first-order chi connectivity index (χ1) is 15.0. The van der Waals surface area contributed by atoms with Gasteiger partial charge < -0.3 is 9.47 Å². The minimum Gasteiger partial charge on any atom is -0.496 e. The Morgan fingerprint density at radius 3 is 2.39 bits per heavy atom. The average molecular weight is 513 g/mol. The van der Waals surface area contributed by atoms with Crippen LogP contribution in [0, 0.1) is 0 Å². The van der Waals surface area contributed by atoms with Crippen LogP contribution in [-0.4, -0.2) is 29.0 Å². The van der Waals surface area contributed by atoms with Gasteiger partial charge in [-0.05, 0) is 48.5 Å². The maximum Gasteiger partial charge on any atom is 0.196 e. The van der Waals surface area contributed by atoms with Crippen LogP contribution in [0.25, 0.3) is 17.1 Å². The van der Waals surface area contributed by atoms with E-state index in [9.17, 15) is 0 Å². The molecule has 2 heterocycles. The van der Waals surface area contributed by atoms with Crippen LogP contribution < -0.4 is 9.47 Å². The first-order valence-corrected chi connectivity index (χ1v) is 11.9. The van der Waals surface area contributed by atoms with Gasteiger partial charge in [0.2, 0.25) is 0 Å². The lowest BCUT2D eigenvalue weighted by Crippen LogP contribution is -2.01. The molecule has 2 aromatic heterocycles. The first kappa shape index (κ1) is 22.3. The summed E-state index contributed by atoms with van der Waals surface area (Å²) in [5.74, 6) is 2.51. The molecule has 0 saturated carbocycles. The number of halogens is 3. The van der Waals surface area contributed by atoms with Crippen LogP contribution in [0.15, 0.2) is 53.7 Å². The van der Waals surface area contributed by atoms with Crippen LogP contribution >= 0.6 is 57.9 Å². The van der Waals surface area contributed by atoms with E-state index in [1.807, 2.05) is 34.9 Å². The molecule has 0 bridgehead atoms. The molecular formula is C21H16Cl3N3O2S2. The van der Waals surface area contributed by atoms with E-state index in [1.165, 1.54) is 11.3 Å². The summed E-state index contributed by atoms with van der Waals surface area (Å²) in [6.45, 7) is 0. The number of hydrogen-bond acceptors (Lipinski definition) is 6. The number of aromatic nitrogens is 3. The van der Waals surface area contributed by atoms with Crippen molar-refractivity contribution in [2.45, 2.75) is 10.9 Å². The molecule has 10 heteroatoms. The minimum atomic E-state index is 0.485. The lowest BCUT2D eigenvalue weighted by Gasteiger charge is -2.14. The third-order valence-corrected chi connectivity index (χ3v) is 7.32.